The first-order chi connectivity index (χ1) is 16.1. The largest absolute Gasteiger partial charge is 0.484 e. The summed E-state index contributed by atoms with van der Waals surface area (Å²) in [6.45, 7) is 1.60. The quantitative estimate of drug-likeness (QED) is 0.264. The number of benzene rings is 1. The smallest absolute Gasteiger partial charge is 0.291 e. The summed E-state index contributed by atoms with van der Waals surface area (Å²) in [6.07, 6.45) is -2.78. The third-order valence-electron chi connectivity index (χ3n) is 4.71. The van der Waals surface area contributed by atoms with Crippen LogP contribution in [0.1, 0.15) is 43.7 Å². The van der Waals surface area contributed by atoms with Gasteiger partial charge in [-0.15, -0.1) is 11.3 Å². The van der Waals surface area contributed by atoms with Gasteiger partial charge in [0.1, 0.15) is 33.5 Å². The highest BCUT2D eigenvalue weighted by Gasteiger charge is 2.24. The standard InChI is InChI=1S/C22H15BrClF2N3O4S/c1-9-6-13(19(25)26)28-22-16(9)17(18(34-22)20(27)30)29-21(31)15-5-3-11(33-15)8-32-14-4-2-10(23)7-12(14)24/h2-7,19H,8H2,1H3,(H2,27,30)(H,29,31). The van der Waals surface area contributed by atoms with E-state index in [0.717, 1.165) is 15.8 Å². The fourth-order valence-electron chi connectivity index (χ4n) is 3.21. The van der Waals surface area contributed by atoms with E-state index >= 15 is 0 Å². The first-order valence-electron chi connectivity index (χ1n) is 9.64. The summed E-state index contributed by atoms with van der Waals surface area (Å²) in [7, 11) is 0. The van der Waals surface area contributed by atoms with E-state index in [1.807, 2.05) is 0 Å². The molecule has 2 amide bonds. The summed E-state index contributed by atoms with van der Waals surface area (Å²) in [5.41, 5.74) is 5.54. The van der Waals surface area contributed by atoms with Crippen molar-refractivity contribution in [1.82, 2.24) is 4.98 Å². The van der Waals surface area contributed by atoms with Crippen molar-refractivity contribution in [2.45, 2.75) is 20.0 Å². The molecule has 1 aromatic carbocycles. The number of aryl methyl sites for hydroxylation is 1. The van der Waals surface area contributed by atoms with Crippen molar-refractivity contribution >= 4 is 66.6 Å². The zero-order valence-electron chi connectivity index (χ0n) is 17.3. The zero-order chi connectivity index (χ0) is 24.6. The van der Waals surface area contributed by atoms with Crippen LogP contribution in [0.2, 0.25) is 5.02 Å². The second-order valence-corrected chi connectivity index (χ2v) is 9.42. The third kappa shape index (κ3) is 4.91. The molecule has 34 heavy (non-hydrogen) atoms. The van der Waals surface area contributed by atoms with E-state index in [-0.39, 0.29) is 27.8 Å². The number of halogens is 4. The molecule has 4 rings (SSSR count). The Morgan fingerprint density at radius 1 is 1.29 bits per heavy atom. The number of pyridine rings is 1. The minimum absolute atomic E-state index is 0.00893. The van der Waals surface area contributed by atoms with Gasteiger partial charge in [-0.2, -0.15) is 0 Å². The molecule has 3 aromatic heterocycles. The molecule has 176 valence electrons. The maximum Gasteiger partial charge on any atom is 0.291 e. The number of furan rings is 1. The van der Waals surface area contributed by atoms with E-state index in [1.54, 1.807) is 31.2 Å². The molecule has 0 atom stereocenters. The number of carbonyl (C=O) groups excluding carboxylic acids is 2. The first kappa shape index (κ1) is 24.1. The van der Waals surface area contributed by atoms with Crippen LogP contribution in [0.25, 0.3) is 10.2 Å². The van der Waals surface area contributed by atoms with Crippen LogP contribution in [0.15, 0.2) is 45.3 Å². The number of thiophene rings is 1. The Kier molecular flexibility index (Phi) is 6.87. The summed E-state index contributed by atoms with van der Waals surface area (Å²) < 4.78 is 38.2. The summed E-state index contributed by atoms with van der Waals surface area (Å²) in [5, 5.41) is 3.37. The van der Waals surface area contributed by atoms with Gasteiger partial charge in [0.25, 0.3) is 18.2 Å². The lowest BCUT2D eigenvalue weighted by molar-refractivity contribution is 0.0992. The van der Waals surface area contributed by atoms with Crippen LogP contribution >= 0.6 is 38.9 Å². The monoisotopic (exact) mass is 569 g/mol. The lowest BCUT2D eigenvalue weighted by Gasteiger charge is -2.08. The molecule has 0 aliphatic rings. The molecule has 12 heteroatoms. The van der Waals surface area contributed by atoms with E-state index in [4.69, 9.17) is 26.5 Å². The Bertz CT molecular complexity index is 1420. The number of aromatic nitrogens is 1. The minimum Gasteiger partial charge on any atom is -0.484 e. The molecule has 3 heterocycles. The second kappa shape index (κ2) is 9.69. The van der Waals surface area contributed by atoms with Crippen molar-refractivity contribution in [3.05, 3.63) is 73.5 Å². The van der Waals surface area contributed by atoms with Crippen molar-refractivity contribution in [3.63, 3.8) is 0 Å². The van der Waals surface area contributed by atoms with Crippen molar-refractivity contribution in [2.24, 2.45) is 5.73 Å². The summed E-state index contributed by atoms with van der Waals surface area (Å²) in [6, 6.07) is 9.34. The SMILES string of the molecule is Cc1cc(C(F)F)nc2sc(C(N)=O)c(NC(=O)c3ccc(COc4ccc(Br)cc4Cl)o3)c12. The Balaban J connectivity index is 1.57. The number of carbonyl (C=O) groups is 2. The molecular weight excluding hydrogens is 556 g/mol. The number of primary amides is 1. The molecular formula is C22H15BrClF2N3O4S. The molecule has 0 saturated heterocycles. The van der Waals surface area contributed by atoms with Crippen molar-refractivity contribution in [1.29, 1.82) is 0 Å². The van der Waals surface area contributed by atoms with Gasteiger partial charge in [-0.1, -0.05) is 27.5 Å². The molecule has 0 unspecified atom stereocenters. The second-order valence-electron chi connectivity index (χ2n) is 7.10. The number of hydrogen-bond donors (Lipinski definition) is 2. The summed E-state index contributed by atoms with van der Waals surface area (Å²) in [4.78, 5) is 28.9. The number of anilines is 1. The van der Waals surface area contributed by atoms with Crippen LogP contribution in [0.3, 0.4) is 0 Å². The van der Waals surface area contributed by atoms with E-state index in [0.29, 0.717) is 27.5 Å². The van der Waals surface area contributed by atoms with Gasteiger partial charge >= 0.3 is 0 Å². The normalized spacial score (nSPS) is 11.2. The Labute approximate surface area is 209 Å². The minimum atomic E-state index is -2.78. The number of nitrogens with two attached hydrogens (primary N) is 1. The topological polar surface area (TPSA) is 107 Å². The van der Waals surface area contributed by atoms with Gasteiger partial charge in [0.2, 0.25) is 0 Å². The molecule has 3 N–H and O–H groups in total. The average Bonchev–Trinajstić information content (AvgIpc) is 3.38. The van der Waals surface area contributed by atoms with E-state index in [2.05, 4.69) is 26.2 Å². The fourth-order valence-corrected chi connectivity index (χ4v) is 5.00. The van der Waals surface area contributed by atoms with Gasteiger partial charge in [-0.3, -0.25) is 9.59 Å². The van der Waals surface area contributed by atoms with Crippen LogP contribution in [0.5, 0.6) is 5.75 Å². The lowest BCUT2D eigenvalue weighted by atomic mass is 10.1. The Morgan fingerprint density at radius 2 is 2.06 bits per heavy atom. The molecule has 0 saturated carbocycles. The molecule has 0 aliphatic heterocycles. The molecule has 0 fully saturated rings. The highest BCUT2D eigenvalue weighted by atomic mass is 79.9. The first-order valence-corrected chi connectivity index (χ1v) is 11.6. The number of ether oxygens (including phenoxy) is 1. The van der Waals surface area contributed by atoms with Gasteiger partial charge in [-0.05, 0) is 48.9 Å². The number of nitrogens with zero attached hydrogens (tertiary/aromatic N) is 1. The molecule has 0 radical (unpaired) electrons. The molecule has 7 nitrogen and oxygen atoms in total. The molecule has 4 aromatic rings. The van der Waals surface area contributed by atoms with Gasteiger partial charge in [0.05, 0.1) is 10.7 Å². The molecule has 0 aliphatic carbocycles. The molecule has 0 bridgehead atoms. The fraction of sp³-hybridized carbons (Fsp3) is 0.136. The summed E-state index contributed by atoms with van der Waals surface area (Å²) in [5.74, 6) is -0.739. The van der Waals surface area contributed by atoms with Gasteiger partial charge < -0.3 is 20.2 Å². The Morgan fingerprint density at radius 3 is 2.74 bits per heavy atom. The molecule has 0 spiro atoms. The van der Waals surface area contributed by atoms with E-state index < -0.39 is 23.9 Å². The van der Waals surface area contributed by atoms with Gasteiger partial charge in [0, 0.05) is 9.86 Å². The zero-order valence-corrected chi connectivity index (χ0v) is 20.5. The maximum atomic E-state index is 13.1. The number of rotatable bonds is 7. The van der Waals surface area contributed by atoms with Gasteiger partial charge in [-0.25, -0.2) is 13.8 Å². The highest BCUT2D eigenvalue weighted by Crippen LogP contribution is 2.38. The van der Waals surface area contributed by atoms with Crippen LogP contribution < -0.4 is 15.8 Å². The van der Waals surface area contributed by atoms with Gasteiger partial charge in [0.15, 0.2) is 5.76 Å². The van der Waals surface area contributed by atoms with Crippen LogP contribution in [-0.2, 0) is 6.61 Å². The number of amides is 2. The van der Waals surface area contributed by atoms with Crippen LogP contribution in [0.4, 0.5) is 14.5 Å². The number of fused-ring (bicyclic) bond motifs is 1. The predicted octanol–water partition coefficient (Wildman–Crippen LogP) is 6.48. The van der Waals surface area contributed by atoms with E-state index in [1.165, 1.54) is 12.1 Å². The average molecular weight is 571 g/mol. The Hall–Kier alpha value is -3.02. The van der Waals surface area contributed by atoms with Crippen LogP contribution in [-0.4, -0.2) is 16.8 Å². The van der Waals surface area contributed by atoms with Crippen molar-refractivity contribution in [2.75, 3.05) is 5.32 Å². The predicted molar refractivity (Wildman–Crippen MR) is 128 cm³/mol. The van der Waals surface area contributed by atoms with Crippen LogP contribution in [0, 0.1) is 6.92 Å². The lowest BCUT2D eigenvalue weighted by Crippen LogP contribution is -2.16. The maximum absolute atomic E-state index is 13.1. The number of nitrogens with one attached hydrogen (secondary N) is 1. The summed E-state index contributed by atoms with van der Waals surface area (Å²) >= 11 is 10.3. The number of hydrogen-bond acceptors (Lipinski definition) is 6. The van der Waals surface area contributed by atoms with Crippen molar-refractivity contribution < 1.29 is 27.5 Å². The van der Waals surface area contributed by atoms with Crippen molar-refractivity contribution in [3.8, 4) is 5.75 Å². The highest BCUT2D eigenvalue weighted by molar-refractivity contribution is 9.10. The third-order valence-corrected chi connectivity index (χ3v) is 6.60. The number of alkyl halides is 2. The van der Waals surface area contributed by atoms with E-state index in [9.17, 15) is 18.4 Å².